The molecule has 0 saturated carbocycles. The Kier molecular flexibility index (Phi) is 4.39. The molecule has 0 N–H and O–H groups in total. The van der Waals surface area contributed by atoms with Crippen LogP contribution in [0.15, 0.2) is 24.3 Å². The fraction of sp³-hybridized carbons (Fsp3) is 0.250. The Morgan fingerprint density at radius 2 is 2.07 bits per heavy atom. The lowest BCUT2D eigenvalue weighted by Crippen LogP contribution is -2.03. The summed E-state index contributed by atoms with van der Waals surface area (Å²) in [5.41, 5.74) is 1.13. The maximum absolute atomic E-state index is 11.3. The van der Waals surface area contributed by atoms with Crippen LogP contribution in [0.5, 0.6) is 0 Å². The van der Waals surface area contributed by atoms with Crippen molar-refractivity contribution in [2.24, 2.45) is 0 Å². The van der Waals surface area contributed by atoms with E-state index in [9.17, 15) is 4.79 Å². The van der Waals surface area contributed by atoms with Gasteiger partial charge in [-0.05, 0) is 12.1 Å². The van der Waals surface area contributed by atoms with Crippen molar-refractivity contribution in [2.45, 2.75) is 0 Å². The Bertz CT molecular complexity index is 399. The van der Waals surface area contributed by atoms with E-state index in [1.807, 2.05) is 6.07 Å². The first kappa shape index (κ1) is 11.3. The molecule has 0 saturated heterocycles. The summed E-state index contributed by atoms with van der Waals surface area (Å²) in [6, 6.07) is 7.05. The lowest BCUT2D eigenvalue weighted by molar-refractivity contribution is 0.0600. The number of benzene rings is 1. The highest BCUT2D eigenvalue weighted by molar-refractivity contribution is 5.92. The molecule has 0 spiro atoms. The van der Waals surface area contributed by atoms with Gasteiger partial charge in [0, 0.05) is 12.7 Å². The van der Waals surface area contributed by atoms with Crippen LogP contribution in [-0.4, -0.2) is 26.8 Å². The van der Waals surface area contributed by atoms with Crippen molar-refractivity contribution in [1.82, 2.24) is 0 Å². The fourth-order valence-electron chi connectivity index (χ4n) is 1.08. The third-order valence-corrected chi connectivity index (χ3v) is 1.77. The quantitative estimate of drug-likeness (QED) is 0.540. The van der Waals surface area contributed by atoms with Gasteiger partial charge >= 0.3 is 5.97 Å². The molecule has 3 nitrogen and oxygen atoms in total. The minimum Gasteiger partial charge on any atom is -0.465 e. The van der Waals surface area contributed by atoms with Crippen molar-refractivity contribution in [2.75, 3.05) is 20.8 Å². The fourth-order valence-corrected chi connectivity index (χ4v) is 1.08. The highest BCUT2D eigenvalue weighted by atomic mass is 16.5. The van der Waals surface area contributed by atoms with E-state index in [1.165, 1.54) is 7.11 Å². The average Bonchev–Trinajstić information content (AvgIpc) is 2.29. The van der Waals surface area contributed by atoms with Gasteiger partial charge in [-0.25, -0.2) is 4.79 Å². The van der Waals surface area contributed by atoms with E-state index in [0.717, 1.165) is 0 Å². The molecule has 1 rings (SSSR count). The molecule has 78 valence electrons. The highest BCUT2D eigenvalue weighted by Crippen LogP contribution is 2.08. The van der Waals surface area contributed by atoms with Crippen molar-refractivity contribution in [3.8, 4) is 11.8 Å². The topological polar surface area (TPSA) is 35.5 Å². The van der Waals surface area contributed by atoms with Crippen LogP contribution in [0.2, 0.25) is 0 Å². The van der Waals surface area contributed by atoms with E-state index in [1.54, 1.807) is 25.3 Å². The smallest absolute Gasteiger partial charge is 0.339 e. The van der Waals surface area contributed by atoms with Crippen LogP contribution in [0.1, 0.15) is 15.9 Å². The minimum absolute atomic E-state index is 0.343. The second-order valence-electron chi connectivity index (χ2n) is 2.77. The minimum atomic E-state index is -0.377. The summed E-state index contributed by atoms with van der Waals surface area (Å²) >= 11 is 0. The number of rotatable bonds is 2. The molecule has 0 unspecified atom stereocenters. The zero-order chi connectivity index (χ0) is 11.1. The molecular weight excluding hydrogens is 192 g/mol. The molecule has 0 aliphatic rings. The summed E-state index contributed by atoms with van der Waals surface area (Å²) in [4.78, 5) is 11.3. The summed E-state index contributed by atoms with van der Waals surface area (Å²) in [6.45, 7) is 0.343. The van der Waals surface area contributed by atoms with Crippen LogP contribution in [0, 0.1) is 11.8 Å². The van der Waals surface area contributed by atoms with Gasteiger partial charge in [0.05, 0.1) is 12.7 Å². The normalized spacial score (nSPS) is 8.93. The molecular formula is C12H12O3. The Labute approximate surface area is 89.0 Å². The van der Waals surface area contributed by atoms with E-state index >= 15 is 0 Å². The molecule has 15 heavy (non-hydrogen) atoms. The number of carbonyl (C=O) groups excluding carboxylic acids is 1. The van der Waals surface area contributed by atoms with Crippen LogP contribution >= 0.6 is 0 Å². The molecule has 3 heteroatoms. The zero-order valence-corrected chi connectivity index (χ0v) is 8.74. The van der Waals surface area contributed by atoms with Gasteiger partial charge in [-0.1, -0.05) is 24.0 Å². The van der Waals surface area contributed by atoms with Gasteiger partial charge in [-0.2, -0.15) is 0 Å². The molecule has 0 atom stereocenters. The molecule has 0 heterocycles. The Balaban J connectivity index is 2.98. The van der Waals surface area contributed by atoms with Gasteiger partial charge in [-0.15, -0.1) is 0 Å². The molecule has 0 aliphatic carbocycles. The number of carbonyl (C=O) groups is 1. The monoisotopic (exact) mass is 204 g/mol. The first-order chi connectivity index (χ1) is 7.29. The van der Waals surface area contributed by atoms with Crippen molar-refractivity contribution >= 4 is 5.97 Å². The third-order valence-electron chi connectivity index (χ3n) is 1.77. The Morgan fingerprint density at radius 1 is 1.33 bits per heavy atom. The van der Waals surface area contributed by atoms with Gasteiger partial charge in [-0.3, -0.25) is 0 Å². The predicted octanol–water partition coefficient (Wildman–Crippen LogP) is 1.47. The lowest BCUT2D eigenvalue weighted by atomic mass is 10.1. The second-order valence-corrected chi connectivity index (χ2v) is 2.77. The maximum Gasteiger partial charge on any atom is 0.339 e. The largest absolute Gasteiger partial charge is 0.465 e. The van der Waals surface area contributed by atoms with Crippen LogP contribution in [-0.2, 0) is 9.47 Å². The zero-order valence-electron chi connectivity index (χ0n) is 8.74. The van der Waals surface area contributed by atoms with Crippen LogP contribution in [0.4, 0.5) is 0 Å². The number of hydrogen-bond acceptors (Lipinski definition) is 3. The third kappa shape index (κ3) is 3.12. The highest BCUT2D eigenvalue weighted by Gasteiger charge is 2.08. The van der Waals surface area contributed by atoms with E-state index in [0.29, 0.717) is 17.7 Å². The molecule has 0 radical (unpaired) electrons. The van der Waals surface area contributed by atoms with Gasteiger partial charge in [0.1, 0.15) is 6.61 Å². The molecule has 0 amide bonds. The average molecular weight is 204 g/mol. The van der Waals surface area contributed by atoms with Crippen LogP contribution < -0.4 is 0 Å². The van der Waals surface area contributed by atoms with Crippen molar-refractivity contribution in [1.29, 1.82) is 0 Å². The van der Waals surface area contributed by atoms with Gasteiger partial charge in [0.2, 0.25) is 0 Å². The summed E-state index contributed by atoms with van der Waals surface area (Å²) in [5, 5.41) is 0. The summed E-state index contributed by atoms with van der Waals surface area (Å²) in [5.74, 6) is 5.27. The number of hydrogen-bond donors (Lipinski definition) is 0. The van der Waals surface area contributed by atoms with E-state index in [4.69, 9.17) is 4.74 Å². The van der Waals surface area contributed by atoms with E-state index < -0.39 is 0 Å². The molecule has 1 aromatic carbocycles. The van der Waals surface area contributed by atoms with Gasteiger partial charge in [0.15, 0.2) is 0 Å². The molecule has 1 aromatic rings. The van der Waals surface area contributed by atoms with E-state index in [-0.39, 0.29) is 5.97 Å². The van der Waals surface area contributed by atoms with Crippen molar-refractivity contribution in [3.63, 3.8) is 0 Å². The second kappa shape index (κ2) is 5.84. The standard InChI is InChI=1S/C12H12O3/c1-14-9-5-7-10-6-3-4-8-11(10)12(13)15-2/h3-4,6,8H,9H2,1-2H3. The predicted molar refractivity (Wildman–Crippen MR) is 56.5 cm³/mol. The first-order valence-electron chi connectivity index (χ1n) is 4.44. The van der Waals surface area contributed by atoms with Crippen molar-refractivity contribution < 1.29 is 14.3 Å². The SMILES string of the molecule is COCC#Cc1ccccc1C(=O)OC. The summed E-state index contributed by atoms with van der Waals surface area (Å²) in [6.07, 6.45) is 0. The summed E-state index contributed by atoms with van der Waals surface area (Å²) in [7, 11) is 2.92. The van der Waals surface area contributed by atoms with Crippen molar-refractivity contribution in [3.05, 3.63) is 35.4 Å². The first-order valence-corrected chi connectivity index (χ1v) is 4.44. The maximum atomic E-state index is 11.3. The van der Waals surface area contributed by atoms with Gasteiger partial charge < -0.3 is 9.47 Å². The lowest BCUT2D eigenvalue weighted by Gasteiger charge is -2.00. The molecule has 0 aromatic heterocycles. The Morgan fingerprint density at radius 3 is 2.73 bits per heavy atom. The van der Waals surface area contributed by atoms with E-state index in [2.05, 4.69) is 16.6 Å². The molecule has 0 bridgehead atoms. The number of methoxy groups -OCH3 is 2. The molecule has 0 fully saturated rings. The van der Waals surface area contributed by atoms with Gasteiger partial charge in [0.25, 0.3) is 0 Å². The van der Waals surface area contributed by atoms with Crippen LogP contribution in [0.25, 0.3) is 0 Å². The molecule has 0 aliphatic heterocycles. The summed E-state index contributed by atoms with van der Waals surface area (Å²) < 4.78 is 9.45. The number of ether oxygens (including phenoxy) is 2. The Hall–Kier alpha value is -1.79. The van der Waals surface area contributed by atoms with Crippen LogP contribution in [0.3, 0.4) is 0 Å². The number of esters is 1.